The standard InChI is InChI=1S/C25H48O5/c1-3-5-7-9-11-12-13-15-17-21-30-25(27)19-23-28-22-18-24(26)29-20-16-14-10-8-6-4-2/h3-23H2,1-2H3. The first-order valence-corrected chi connectivity index (χ1v) is 12.6. The number of carbonyl (C=O) groups is 2. The van der Waals surface area contributed by atoms with Gasteiger partial charge in [0.05, 0.1) is 39.3 Å². The van der Waals surface area contributed by atoms with Crippen molar-refractivity contribution in [3.63, 3.8) is 0 Å². The van der Waals surface area contributed by atoms with Gasteiger partial charge in [-0.25, -0.2) is 0 Å². The lowest BCUT2D eigenvalue weighted by atomic mass is 10.1. The number of carbonyl (C=O) groups excluding carboxylic acids is 2. The van der Waals surface area contributed by atoms with Crippen LogP contribution < -0.4 is 0 Å². The van der Waals surface area contributed by atoms with Crippen molar-refractivity contribution in [2.45, 2.75) is 123 Å². The summed E-state index contributed by atoms with van der Waals surface area (Å²) in [5, 5.41) is 0. The summed E-state index contributed by atoms with van der Waals surface area (Å²) in [4.78, 5) is 23.2. The van der Waals surface area contributed by atoms with Gasteiger partial charge in [0.2, 0.25) is 0 Å². The minimum atomic E-state index is -0.225. The Bertz CT molecular complexity index is 384. The van der Waals surface area contributed by atoms with E-state index in [1.54, 1.807) is 0 Å². The lowest BCUT2D eigenvalue weighted by Gasteiger charge is -2.07. The number of ether oxygens (including phenoxy) is 3. The summed E-state index contributed by atoms with van der Waals surface area (Å²) < 4.78 is 15.7. The zero-order valence-electron chi connectivity index (χ0n) is 19.9. The second-order valence-electron chi connectivity index (χ2n) is 8.15. The molecule has 5 nitrogen and oxygen atoms in total. The molecule has 30 heavy (non-hydrogen) atoms. The molecule has 0 radical (unpaired) electrons. The summed E-state index contributed by atoms with van der Waals surface area (Å²) in [7, 11) is 0. The van der Waals surface area contributed by atoms with Gasteiger partial charge in [-0.3, -0.25) is 9.59 Å². The normalized spacial score (nSPS) is 10.9. The smallest absolute Gasteiger partial charge is 0.308 e. The van der Waals surface area contributed by atoms with E-state index >= 15 is 0 Å². The minimum absolute atomic E-state index is 0.222. The second kappa shape index (κ2) is 24.2. The molecule has 0 saturated heterocycles. The Morgan fingerprint density at radius 2 is 0.800 bits per heavy atom. The zero-order valence-corrected chi connectivity index (χ0v) is 19.9. The molecule has 0 unspecified atom stereocenters. The van der Waals surface area contributed by atoms with Crippen LogP contribution >= 0.6 is 0 Å². The van der Waals surface area contributed by atoms with Crippen molar-refractivity contribution in [1.82, 2.24) is 0 Å². The van der Waals surface area contributed by atoms with E-state index in [1.165, 1.54) is 70.6 Å². The third-order valence-electron chi connectivity index (χ3n) is 5.17. The average Bonchev–Trinajstić information content (AvgIpc) is 2.74. The van der Waals surface area contributed by atoms with E-state index in [4.69, 9.17) is 14.2 Å². The molecule has 0 heterocycles. The van der Waals surface area contributed by atoms with E-state index in [2.05, 4.69) is 13.8 Å². The molecule has 0 amide bonds. The number of hydrogen-bond donors (Lipinski definition) is 0. The molecule has 0 atom stereocenters. The van der Waals surface area contributed by atoms with Crippen LogP contribution in [0.5, 0.6) is 0 Å². The van der Waals surface area contributed by atoms with E-state index in [-0.39, 0.29) is 24.8 Å². The Morgan fingerprint density at radius 1 is 0.467 bits per heavy atom. The van der Waals surface area contributed by atoms with Gasteiger partial charge in [-0.2, -0.15) is 0 Å². The van der Waals surface area contributed by atoms with Gasteiger partial charge in [0.25, 0.3) is 0 Å². The van der Waals surface area contributed by atoms with Gasteiger partial charge in [-0.05, 0) is 12.8 Å². The van der Waals surface area contributed by atoms with E-state index < -0.39 is 0 Å². The molecule has 178 valence electrons. The fourth-order valence-electron chi connectivity index (χ4n) is 3.22. The molecule has 0 aliphatic heterocycles. The van der Waals surface area contributed by atoms with Crippen molar-refractivity contribution in [2.75, 3.05) is 26.4 Å². The first-order chi connectivity index (χ1) is 14.7. The number of rotatable bonds is 23. The van der Waals surface area contributed by atoms with Gasteiger partial charge in [0.15, 0.2) is 0 Å². The van der Waals surface area contributed by atoms with Crippen molar-refractivity contribution < 1.29 is 23.8 Å². The van der Waals surface area contributed by atoms with Crippen molar-refractivity contribution in [3.8, 4) is 0 Å². The van der Waals surface area contributed by atoms with Crippen molar-refractivity contribution in [3.05, 3.63) is 0 Å². The summed E-state index contributed by atoms with van der Waals surface area (Å²) in [6, 6.07) is 0. The highest BCUT2D eigenvalue weighted by Gasteiger charge is 2.05. The van der Waals surface area contributed by atoms with Gasteiger partial charge >= 0.3 is 11.9 Å². The summed E-state index contributed by atoms with van der Waals surface area (Å²) in [6.45, 7) is 6.02. The summed E-state index contributed by atoms with van der Waals surface area (Å²) in [5.74, 6) is -0.447. The largest absolute Gasteiger partial charge is 0.466 e. The molecule has 0 rings (SSSR count). The summed E-state index contributed by atoms with van der Waals surface area (Å²) >= 11 is 0. The zero-order chi connectivity index (χ0) is 22.1. The molecule has 0 aromatic rings. The SMILES string of the molecule is CCCCCCCCCCCOC(=O)CCOCCC(=O)OCCCCCCCC. The van der Waals surface area contributed by atoms with Crippen LogP contribution in [-0.4, -0.2) is 38.4 Å². The number of hydrogen-bond acceptors (Lipinski definition) is 5. The van der Waals surface area contributed by atoms with Gasteiger partial charge in [-0.15, -0.1) is 0 Å². The Hall–Kier alpha value is -1.10. The van der Waals surface area contributed by atoms with E-state index in [0.717, 1.165) is 25.7 Å². The third-order valence-corrected chi connectivity index (χ3v) is 5.17. The summed E-state index contributed by atoms with van der Waals surface area (Å²) in [5.41, 5.74) is 0. The van der Waals surface area contributed by atoms with Crippen LogP contribution in [0.25, 0.3) is 0 Å². The number of unbranched alkanes of at least 4 members (excludes halogenated alkanes) is 13. The lowest BCUT2D eigenvalue weighted by Crippen LogP contribution is -2.12. The topological polar surface area (TPSA) is 61.8 Å². The van der Waals surface area contributed by atoms with Gasteiger partial charge in [0.1, 0.15) is 0 Å². The second-order valence-corrected chi connectivity index (χ2v) is 8.15. The Balaban J connectivity index is 3.28. The number of esters is 2. The quantitative estimate of drug-likeness (QED) is 0.133. The molecule has 5 heteroatoms. The maximum absolute atomic E-state index is 11.7. The Kier molecular flexibility index (Phi) is 23.3. The molecule has 0 aromatic carbocycles. The fourth-order valence-corrected chi connectivity index (χ4v) is 3.22. The fraction of sp³-hybridized carbons (Fsp3) is 0.920. The highest BCUT2D eigenvalue weighted by atomic mass is 16.5. The Morgan fingerprint density at radius 3 is 1.17 bits per heavy atom. The highest BCUT2D eigenvalue weighted by molar-refractivity contribution is 5.70. The average molecular weight is 429 g/mol. The molecule has 0 N–H and O–H groups in total. The van der Waals surface area contributed by atoms with Crippen LogP contribution in [0.1, 0.15) is 123 Å². The molecule has 0 bridgehead atoms. The maximum Gasteiger partial charge on any atom is 0.308 e. The predicted octanol–water partition coefficient (Wildman–Crippen LogP) is 6.76. The maximum atomic E-state index is 11.7. The summed E-state index contributed by atoms with van der Waals surface area (Å²) in [6.07, 6.45) is 18.8. The predicted molar refractivity (Wildman–Crippen MR) is 123 cm³/mol. The van der Waals surface area contributed by atoms with Crippen LogP contribution in [-0.2, 0) is 23.8 Å². The van der Waals surface area contributed by atoms with Gasteiger partial charge < -0.3 is 14.2 Å². The molecule has 0 aliphatic rings. The van der Waals surface area contributed by atoms with Crippen LogP contribution in [0.3, 0.4) is 0 Å². The Labute approximate surface area is 185 Å². The van der Waals surface area contributed by atoms with E-state index in [0.29, 0.717) is 26.4 Å². The van der Waals surface area contributed by atoms with Crippen LogP contribution in [0.4, 0.5) is 0 Å². The first-order valence-electron chi connectivity index (χ1n) is 12.6. The molecule has 0 spiro atoms. The van der Waals surface area contributed by atoms with E-state index in [1.807, 2.05) is 0 Å². The molecule has 0 aromatic heterocycles. The third kappa shape index (κ3) is 23.2. The van der Waals surface area contributed by atoms with Crippen LogP contribution in [0.15, 0.2) is 0 Å². The van der Waals surface area contributed by atoms with Crippen LogP contribution in [0.2, 0.25) is 0 Å². The molecular formula is C25H48O5. The molecule has 0 aliphatic carbocycles. The molecule has 0 saturated carbocycles. The van der Waals surface area contributed by atoms with Crippen molar-refractivity contribution in [1.29, 1.82) is 0 Å². The highest BCUT2D eigenvalue weighted by Crippen LogP contribution is 2.09. The van der Waals surface area contributed by atoms with Crippen molar-refractivity contribution in [2.24, 2.45) is 0 Å². The van der Waals surface area contributed by atoms with Crippen molar-refractivity contribution >= 4 is 11.9 Å². The van der Waals surface area contributed by atoms with Gasteiger partial charge in [0, 0.05) is 0 Å². The van der Waals surface area contributed by atoms with Gasteiger partial charge in [-0.1, -0.05) is 97.3 Å². The lowest BCUT2D eigenvalue weighted by molar-refractivity contribution is -0.145. The van der Waals surface area contributed by atoms with E-state index in [9.17, 15) is 9.59 Å². The molecule has 0 fully saturated rings. The van der Waals surface area contributed by atoms with Crippen LogP contribution in [0, 0.1) is 0 Å². The minimum Gasteiger partial charge on any atom is -0.466 e. The monoisotopic (exact) mass is 428 g/mol. The first kappa shape index (κ1) is 28.9. The molecular weight excluding hydrogens is 380 g/mol.